The second-order valence-electron chi connectivity index (χ2n) is 6.40. The summed E-state index contributed by atoms with van der Waals surface area (Å²) in [7, 11) is 0. The van der Waals surface area contributed by atoms with Crippen molar-refractivity contribution in [2.45, 2.75) is 65.0 Å². The Hall–Kier alpha value is -0.870. The Morgan fingerprint density at radius 2 is 1.81 bits per heavy atom. The monoisotopic (exact) mass is 295 g/mol. The summed E-state index contributed by atoms with van der Waals surface area (Å²) in [4.78, 5) is 16.8. The van der Waals surface area contributed by atoms with Crippen LogP contribution in [0.15, 0.2) is 12.2 Å². The van der Waals surface area contributed by atoms with Crippen molar-refractivity contribution in [3.8, 4) is 0 Å². The molecule has 1 aliphatic rings. The number of rotatable bonds is 8. The summed E-state index contributed by atoms with van der Waals surface area (Å²) in [6, 6.07) is 0.883. The van der Waals surface area contributed by atoms with Crippen LogP contribution in [-0.4, -0.2) is 54.0 Å². The first-order valence-corrected chi connectivity index (χ1v) is 8.39. The topological polar surface area (TPSA) is 49.6 Å². The highest BCUT2D eigenvalue weighted by atomic mass is 16.2. The molecule has 1 saturated carbocycles. The Labute approximate surface area is 130 Å². The van der Waals surface area contributed by atoms with Crippen molar-refractivity contribution in [3.63, 3.8) is 0 Å². The van der Waals surface area contributed by atoms with E-state index in [0.717, 1.165) is 50.8 Å². The van der Waals surface area contributed by atoms with Crippen LogP contribution in [0.5, 0.6) is 0 Å². The van der Waals surface area contributed by atoms with Gasteiger partial charge in [0.25, 0.3) is 0 Å². The van der Waals surface area contributed by atoms with Gasteiger partial charge in [-0.25, -0.2) is 0 Å². The molecule has 0 aliphatic heterocycles. The van der Waals surface area contributed by atoms with Crippen molar-refractivity contribution >= 4 is 5.91 Å². The number of carbonyl (C=O) groups is 1. The Morgan fingerprint density at radius 1 is 1.19 bits per heavy atom. The van der Waals surface area contributed by atoms with Gasteiger partial charge >= 0.3 is 0 Å². The highest BCUT2D eigenvalue weighted by molar-refractivity contribution is 5.78. The smallest absolute Gasteiger partial charge is 0.237 e. The van der Waals surface area contributed by atoms with Gasteiger partial charge in [-0.15, -0.1) is 0 Å². The first kappa shape index (κ1) is 18.2. The Kier molecular flexibility index (Phi) is 7.97. The van der Waals surface area contributed by atoms with E-state index in [2.05, 4.69) is 18.4 Å². The summed E-state index contributed by atoms with van der Waals surface area (Å²) in [6.45, 7) is 13.1. The van der Waals surface area contributed by atoms with Crippen molar-refractivity contribution in [2.75, 3.05) is 26.2 Å². The van der Waals surface area contributed by atoms with Gasteiger partial charge in [0, 0.05) is 25.2 Å². The molecule has 0 bridgehead atoms. The summed E-state index contributed by atoms with van der Waals surface area (Å²) < 4.78 is 0. The van der Waals surface area contributed by atoms with E-state index in [1.165, 1.54) is 0 Å². The van der Waals surface area contributed by atoms with Gasteiger partial charge in [0.15, 0.2) is 0 Å². The molecule has 1 rings (SSSR count). The van der Waals surface area contributed by atoms with Crippen molar-refractivity contribution in [2.24, 2.45) is 5.73 Å². The van der Waals surface area contributed by atoms with E-state index in [-0.39, 0.29) is 5.91 Å². The largest absolute Gasteiger partial charge is 0.338 e. The van der Waals surface area contributed by atoms with E-state index in [0.29, 0.717) is 25.2 Å². The zero-order valence-electron chi connectivity index (χ0n) is 14.1. The van der Waals surface area contributed by atoms with E-state index in [9.17, 15) is 4.79 Å². The minimum absolute atomic E-state index is 0.226. The molecule has 4 nitrogen and oxygen atoms in total. The van der Waals surface area contributed by atoms with Crippen LogP contribution in [0.2, 0.25) is 0 Å². The molecule has 0 saturated heterocycles. The van der Waals surface area contributed by atoms with Crippen LogP contribution in [0.1, 0.15) is 52.9 Å². The quantitative estimate of drug-likeness (QED) is 0.700. The molecular weight excluding hydrogens is 262 g/mol. The van der Waals surface area contributed by atoms with E-state index < -0.39 is 0 Å². The van der Waals surface area contributed by atoms with Crippen LogP contribution in [-0.2, 0) is 4.79 Å². The third-order valence-electron chi connectivity index (χ3n) is 4.30. The summed E-state index contributed by atoms with van der Waals surface area (Å²) >= 11 is 0. The number of carbonyl (C=O) groups excluding carboxylic acids is 1. The van der Waals surface area contributed by atoms with Crippen LogP contribution in [0, 0.1) is 0 Å². The fraction of sp³-hybridized carbons (Fsp3) is 0.824. The molecule has 0 aromatic carbocycles. The van der Waals surface area contributed by atoms with E-state index in [1.54, 1.807) is 0 Å². The number of nitrogens with two attached hydrogens (primary N) is 1. The van der Waals surface area contributed by atoms with Gasteiger partial charge in [-0.3, -0.25) is 9.69 Å². The second kappa shape index (κ2) is 9.21. The summed E-state index contributed by atoms with van der Waals surface area (Å²) in [6.07, 6.45) is 5.51. The molecule has 1 aliphatic carbocycles. The van der Waals surface area contributed by atoms with Gasteiger partial charge in [0.05, 0.1) is 6.54 Å². The maximum absolute atomic E-state index is 12.5. The van der Waals surface area contributed by atoms with Gasteiger partial charge < -0.3 is 10.6 Å². The minimum Gasteiger partial charge on any atom is -0.338 e. The first-order chi connectivity index (χ1) is 9.97. The van der Waals surface area contributed by atoms with Crippen LogP contribution in [0.3, 0.4) is 0 Å². The van der Waals surface area contributed by atoms with Gasteiger partial charge in [-0.1, -0.05) is 19.1 Å². The summed E-state index contributed by atoms with van der Waals surface area (Å²) in [5, 5.41) is 0. The van der Waals surface area contributed by atoms with Crippen molar-refractivity contribution in [1.82, 2.24) is 9.80 Å². The van der Waals surface area contributed by atoms with Gasteiger partial charge in [0.1, 0.15) is 0 Å². The molecule has 21 heavy (non-hydrogen) atoms. The third-order valence-corrected chi connectivity index (χ3v) is 4.30. The maximum atomic E-state index is 12.5. The average Bonchev–Trinajstić information content (AvgIpc) is 2.44. The molecule has 122 valence electrons. The number of hydrogen-bond donors (Lipinski definition) is 1. The molecule has 1 fully saturated rings. The Morgan fingerprint density at radius 3 is 2.29 bits per heavy atom. The van der Waals surface area contributed by atoms with Crippen molar-refractivity contribution < 1.29 is 4.79 Å². The lowest BCUT2D eigenvalue weighted by Crippen LogP contribution is -2.47. The molecule has 1 amide bonds. The van der Waals surface area contributed by atoms with Gasteiger partial charge in [0.2, 0.25) is 5.91 Å². The molecule has 0 spiro atoms. The van der Waals surface area contributed by atoms with Crippen LogP contribution >= 0.6 is 0 Å². The molecule has 0 aromatic rings. The van der Waals surface area contributed by atoms with E-state index >= 15 is 0 Å². The minimum atomic E-state index is 0.226. The molecule has 0 atom stereocenters. The molecule has 0 unspecified atom stereocenters. The number of amides is 1. The molecule has 2 N–H and O–H groups in total. The van der Waals surface area contributed by atoms with Gasteiger partial charge in [-0.2, -0.15) is 0 Å². The third kappa shape index (κ3) is 6.18. The fourth-order valence-corrected chi connectivity index (χ4v) is 3.12. The first-order valence-electron chi connectivity index (χ1n) is 8.39. The van der Waals surface area contributed by atoms with Crippen molar-refractivity contribution in [3.05, 3.63) is 12.2 Å². The van der Waals surface area contributed by atoms with Gasteiger partial charge in [-0.05, 0) is 52.5 Å². The Balaban J connectivity index is 2.59. The zero-order valence-corrected chi connectivity index (χ0v) is 14.1. The standard InChI is InChI=1S/C17H33N3O/c1-5-11-20(16-9-7-15(18)8-10-16)13-17(21)19(6-2)12-14(3)4/h15-16H,3,5-13,18H2,1-2,4H3. The number of likely N-dealkylation sites (N-methyl/N-ethyl adjacent to an activating group) is 1. The normalized spacial score (nSPS) is 22.3. The maximum Gasteiger partial charge on any atom is 0.237 e. The average molecular weight is 295 g/mol. The molecule has 0 heterocycles. The predicted octanol–water partition coefficient (Wildman–Crippen LogP) is 2.39. The summed E-state index contributed by atoms with van der Waals surface area (Å²) in [5.41, 5.74) is 7.03. The zero-order chi connectivity index (χ0) is 15.8. The lowest BCUT2D eigenvalue weighted by Gasteiger charge is -2.36. The fourth-order valence-electron chi connectivity index (χ4n) is 3.12. The lowest BCUT2D eigenvalue weighted by atomic mass is 9.90. The van der Waals surface area contributed by atoms with Crippen LogP contribution < -0.4 is 5.73 Å². The highest BCUT2D eigenvalue weighted by Gasteiger charge is 2.26. The highest BCUT2D eigenvalue weighted by Crippen LogP contribution is 2.22. The van der Waals surface area contributed by atoms with Crippen LogP contribution in [0.4, 0.5) is 0 Å². The molecule has 4 heteroatoms. The number of nitrogens with zero attached hydrogens (tertiary/aromatic N) is 2. The second-order valence-corrected chi connectivity index (χ2v) is 6.40. The lowest BCUT2D eigenvalue weighted by molar-refractivity contribution is -0.132. The molecular formula is C17H33N3O. The molecule has 0 radical (unpaired) electrons. The SMILES string of the molecule is C=C(C)CN(CC)C(=O)CN(CCC)C1CCC(N)CC1. The van der Waals surface area contributed by atoms with Crippen LogP contribution in [0.25, 0.3) is 0 Å². The Bertz CT molecular complexity index is 335. The predicted molar refractivity (Wildman–Crippen MR) is 89.2 cm³/mol. The van der Waals surface area contributed by atoms with E-state index in [1.807, 2.05) is 18.7 Å². The molecule has 0 aromatic heterocycles. The van der Waals surface area contributed by atoms with Crippen molar-refractivity contribution in [1.29, 1.82) is 0 Å². The van der Waals surface area contributed by atoms with E-state index in [4.69, 9.17) is 5.73 Å². The number of hydrogen-bond acceptors (Lipinski definition) is 3. The summed E-state index contributed by atoms with van der Waals surface area (Å²) in [5.74, 6) is 0.226.